The van der Waals surface area contributed by atoms with Gasteiger partial charge in [-0.25, -0.2) is 0 Å². The monoisotopic (exact) mass is 1030 g/mol. The fourth-order valence-electron chi connectivity index (χ4n) is 12.1. The van der Waals surface area contributed by atoms with Gasteiger partial charge in [0.2, 0.25) is 0 Å². The third-order valence-corrected chi connectivity index (χ3v) is 16.1. The van der Waals surface area contributed by atoms with Gasteiger partial charge in [0.15, 0.2) is 0 Å². The number of fused-ring (bicyclic) bond motifs is 6. The van der Waals surface area contributed by atoms with Crippen molar-refractivity contribution in [2.45, 2.75) is 0 Å². The zero-order valence-corrected chi connectivity index (χ0v) is 44.4. The molecule has 0 unspecified atom stereocenters. The highest BCUT2D eigenvalue weighted by atomic mass is 15.1. The van der Waals surface area contributed by atoms with Gasteiger partial charge in [0, 0.05) is 50.0 Å². The molecule has 13 aromatic carbocycles. The largest absolute Gasteiger partial charge is 0.311 e. The Labute approximate surface area is 471 Å². The van der Waals surface area contributed by atoms with E-state index in [4.69, 9.17) is 0 Å². The van der Waals surface area contributed by atoms with Crippen LogP contribution >= 0.6 is 0 Å². The first-order chi connectivity index (χ1) is 40.1. The highest BCUT2D eigenvalue weighted by Crippen LogP contribution is 2.42. The van der Waals surface area contributed by atoms with Gasteiger partial charge in [-0.3, -0.25) is 0 Å². The summed E-state index contributed by atoms with van der Waals surface area (Å²) in [5, 5.41) is 4.90. The second-order valence-corrected chi connectivity index (χ2v) is 20.9. The van der Waals surface area contributed by atoms with Crippen LogP contribution in [0.2, 0.25) is 0 Å². The molecule has 2 aromatic heterocycles. The molecule has 2 heterocycles. The van der Waals surface area contributed by atoms with Crippen molar-refractivity contribution < 1.29 is 0 Å². The van der Waals surface area contributed by atoms with Crippen molar-refractivity contribution in [2.24, 2.45) is 0 Å². The molecule has 0 aliphatic carbocycles. The molecule has 380 valence electrons. The molecule has 0 bridgehead atoms. The van der Waals surface area contributed by atoms with E-state index in [-0.39, 0.29) is 0 Å². The summed E-state index contributed by atoms with van der Waals surface area (Å²) < 4.78 is 4.85. The lowest BCUT2D eigenvalue weighted by molar-refractivity contribution is 1.17. The van der Waals surface area contributed by atoms with Crippen LogP contribution < -0.4 is 4.90 Å². The van der Waals surface area contributed by atoms with Crippen molar-refractivity contribution in [2.75, 3.05) is 4.90 Å². The van der Waals surface area contributed by atoms with E-state index in [1.165, 1.54) is 110 Å². The lowest BCUT2D eigenvalue weighted by Crippen LogP contribution is -2.10. The summed E-state index contributed by atoms with van der Waals surface area (Å²) in [5.74, 6) is 0. The molecule has 0 aliphatic heterocycles. The fourth-order valence-corrected chi connectivity index (χ4v) is 12.1. The molecule has 0 spiro atoms. The lowest BCUT2D eigenvalue weighted by Gasteiger charge is -2.26. The number of nitrogens with zero attached hydrogens (tertiary/aromatic N) is 3. The van der Waals surface area contributed by atoms with E-state index in [1.807, 2.05) is 0 Å². The normalized spacial score (nSPS) is 11.5. The van der Waals surface area contributed by atoms with E-state index in [9.17, 15) is 0 Å². The Morgan fingerprint density at radius 2 is 0.469 bits per heavy atom. The molecule has 15 rings (SSSR count). The zero-order chi connectivity index (χ0) is 53.6. The van der Waals surface area contributed by atoms with E-state index in [0.29, 0.717) is 0 Å². The molecule has 0 radical (unpaired) electrons. The molecule has 81 heavy (non-hydrogen) atoms. The van der Waals surface area contributed by atoms with Crippen LogP contribution in [0.5, 0.6) is 0 Å². The fraction of sp³-hybridized carbons (Fsp3) is 0. The van der Waals surface area contributed by atoms with Crippen LogP contribution in [0.25, 0.3) is 122 Å². The first-order valence-electron chi connectivity index (χ1n) is 27.8. The Balaban J connectivity index is 0.788. The highest BCUT2D eigenvalue weighted by Gasteiger charge is 2.19. The molecule has 0 N–H and O–H groups in total. The predicted molar refractivity (Wildman–Crippen MR) is 342 cm³/mol. The minimum atomic E-state index is 1.08. The molecule has 3 heteroatoms. The van der Waals surface area contributed by atoms with Crippen LogP contribution in [0, 0.1) is 0 Å². The maximum absolute atomic E-state index is 2.43. The van der Waals surface area contributed by atoms with Gasteiger partial charge >= 0.3 is 0 Å². The van der Waals surface area contributed by atoms with Crippen molar-refractivity contribution in [3.05, 3.63) is 322 Å². The second-order valence-electron chi connectivity index (χ2n) is 20.9. The molecule has 0 aliphatic rings. The molecular formula is C78H53N3. The summed E-state index contributed by atoms with van der Waals surface area (Å²) in [4.78, 5) is 2.35. The first kappa shape index (κ1) is 47.5. The van der Waals surface area contributed by atoms with Crippen LogP contribution in [0.3, 0.4) is 0 Å². The van der Waals surface area contributed by atoms with Crippen molar-refractivity contribution in [3.63, 3.8) is 0 Å². The Bertz CT molecular complexity index is 4590. The topological polar surface area (TPSA) is 13.1 Å². The van der Waals surface area contributed by atoms with Crippen LogP contribution in [-0.4, -0.2) is 9.13 Å². The number of para-hydroxylation sites is 2. The molecule has 3 nitrogen and oxygen atoms in total. The molecule has 0 saturated heterocycles. The van der Waals surface area contributed by atoms with Crippen molar-refractivity contribution in [3.8, 4) is 78.1 Å². The van der Waals surface area contributed by atoms with E-state index >= 15 is 0 Å². The maximum Gasteiger partial charge on any atom is 0.0547 e. The molecule has 0 amide bonds. The van der Waals surface area contributed by atoms with Gasteiger partial charge < -0.3 is 14.0 Å². The van der Waals surface area contributed by atoms with Crippen LogP contribution in [0.4, 0.5) is 17.1 Å². The standard InChI is InChI=1S/C78H53N3/c1-5-17-54(18-6-1)58-29-37-66(38-30-58)79(67-39-31-59(32-40-67)55-19-7-2-8-20-55)68-43-45-70(46-44-68)81-75-27-15-13-25-71(75)73-47-35-62(53-78(73)81)61-36-48-77-74(52-61)72-26-14-16-28-76(72)80(77)69-41-33-60(34-42-69)65-50-63(56-21-9-3-10-22-56)49-64(51-65)57-23-11-4-12-24-57/h1-53H. The van der Waals surface area contributed by atoms with Gasteiger partial charge in [0.25, 0.3) is 0 Å². The van der Waals surface area contributed by atoms with Crippen molar-refractivity contribution in [1.29, 1.82) is 0 Å². The second kappa shape index (κ2) is 20.2. The number of rotatable bonds is 11. The maximum atomic E-state index is 2.43. The third-order valence-electron chi connectivity index (χ3n) is 16.1. The Morgan fingerprint density at radius 3 is 0.951 bits per heavy atom. The van der Waals surface area contributed by atoms with Gasteiger partial charge in [-0.1, -0.05) is 212 Å². The quantitative estimate of drug-likeness (QED) is 0.126. The number of hydrogen-bond acceptors (Lipinski definition) is 1. The summed E-state index contributed by atoms with van der Waals surface area (Å²) in [6, 6.07) is 117. The summed E-state index contributed by atoms with van der Waals surface area (Å²) in [5.41, 5.74) is 24.5. The summed E-state index contributed by atoms with van der Waals surface area (Å²) in [7, 11) is 0. The molecule has 0 fully saturated rings. The third kappa shape index (κ3) is 8.75. The Morgan fingerprint density at radius 1 is 0.173 bits per heavy atom. The summed E-state index contributed by atoms with van der Waals surface area (Å²) >= 11 is 0. The van der Waals surface area contributed by atoms with Crippen molar-refractivity contribution in [1.82, 2.24) is 9.13 Å². The zero-order valence-electron chi connectivity index (χ0n) is 44.4. The van der Waals surface area contributed by atoms with Crippen molar-refractivity contribution >= 4 is 60.7 Å². The molecular weight excluding hydrogens is 979 g/mol. The lowest BCUT2D eigenvalue weighted by atomic mass is 9.93. The van der Waals surface area contributed by atoms with E-state index in [1.54, 1.807) is 0 Å². The number of anilines is 3. The molecule has 15 aromatic rings. The minimum Gasteiger partial charge on any atom is -0.311 e. The van der Waals surface area contributed by atoms with E-state index in [2.05, 4.69) is 336 Å². The van der Waals surface area contributed by atoms with E-state index in [0.717, 1.165) is 28.4 Å². The van der Waals surface area contributed by atoms with Crippen LogP contribution in [0.1, 0.15) is 0 Å². The van der Waals surface area contributed by atoms with Gasteiger partial charge in [-0.2, -0.15) is 0 Å². The SMILES string of the molecule is c1ccc(-c2ccc(N(c3ccc(-c4ccccc4)cc3)c3ccc(-n4c5ccccc5c5ccc(-c6ccc7c(c6)c6ccccc6n7-c6ccc(-c7cc(-c8ccccc8)cc(-c8ccccc8)c7)cc6)cc54)cc3)cc2)cc1. The van der Waals surface area contributed by atoms with E-state index < -0.39 is 0 Å². The summed E-state index contributed by atoms with van der Waals surface area (Å²) in [6.45, 7) is 0. The Kier molecular flexibility index (Phi) is 11.9. The number of benzene rings is 13. The summed E-state index contributed by atoms with van der Waals surface area (Å²) in [6.07, 6.45) is 0. The average Bonchev–Trinajstić information content (AvgIpc) is 4.10. The molecule has 0 atom stereocenters. The van der Waals surface area contributed by atoms with Gasteiger partial charge in [0.1, 0.15) is 0 Å². The minimum absolute atomic E-state index is 1.08. The molecule has 0 saturated carbocycles. The van der Waals surface area contributed by atoms with Crippen LogP contribution in [-0.2, 0) is 0 Å². The smallest absolute Gasteiger partial charge is 0.0547 e. The highest BCUT2D eigenvalue weighted by molar-refractivity contribution is 6.12. The average molecular weight is 1030 g/mol. The predicted octanol–water partition coefficient (Wildman–Crippen LogP) is 21.4. The van der Waals surface area contributed by atoms with Gasteiger partial charge in [-0.15, -0.1) is 0 Å². The van der Waals surface area contributed by atoms with Crippen LogP contribution in [0.15, 0.2) is 322 Å². The van der Waals surface area contributed by atoms with Gasteiger partial charge in [0.05, 0.1) is 22.1 Å². The number of hydrogen-bond donors (Lipinski definition) is 0. The number of aromatic nitrogens is 2. The first-order valence-corrected chi connectivity index (χ1v) is 27.8. The Hall–Kier alpha value is -10.7. The van der Waals surface area contributed by atoms with Gasteiger partial charge in [-0.05, 0) is 176 Å².